The van der Waals surface area contributed by atoms with E-state index >= 15 is 0 Å². The molecular formula is C9H11NaO11. The van der Waals surface area contributed by atoms with Gasteiger partial charge in [-0.25, -0.2) is 14.4 Å². The van der Waals surface area contributed by atoms with Crippen LogP contribution in [0.25, 0.3) is 0 Å². The standard InChI is InChI=1S/C9H10O11.Na.H/c1-18-6(12)9(17,2-4(10)19-7(13)14)3-5(11)20-8(15)16;;/h17H,2-3H2,1H3,(H,13,14)(H,15,16);;/q;+1;-1. The number of ether oxygens (including phenoxy) is 3. The molecule has 0 bridgehead atoms. The summed E-state index contributed by atoms with van der Waals surface area (Å²) in [7, 11) is 0.818. The molecule has 0 aromatic heterocycles. The van der Waals surface area contributed by atoms with Crippen LogP contribution in [-0.4, -0.2) is 58.2 Å². The van der Waals surface area contributed by atoms with E-state index in [4.69, 9.17) is 10.2 Å². The molecule has 0 radical (unpaired) electrons. The summed E-state index contributed by atoms with van der Waals surface area (Å²) in [5.41, 5.74) is -2.81. The Bertz CT molecular complexity index is 419. The van der Waals surface area contributed by atoms with Crippen molar-refractivity contribution >= 4 is 30.2 Å². The second-order valence-corrected chi connectivity index (χ2v) is 3.36. The Morgan fingerprint density at radius 1 is 0.952 bits per heavy atom. The predicted octanol–water partition coefficient (Wildman–Crippen LogP) is -3.77. The zero-order valence-electron chi connectivity index (χ0n) is 12.0. The first-order valence-corrected chi connectivity index (χ1v) is 4.78. The number of esters is 3. The second-order valence-electron chi connectivity index (χ2n) is 3.36. The van der Waals surface area contributed by atoms with Crippen LogP contribution in [0.15, 0.2) is 0 Å². The van der Waals surface area contributed by atoms with Crippen molar-refractivity contribution in [2.24, 2.45) is 0 Å². The number of aliphatic hydroxyl groups is 1. The van der Waals surface area contributed by atoms with Gasteiger partial charge < -0.3 is 31.0 Å². The van der Waals surface area contributed by atoms with E-state index in [1.54, 1.807) is 0 Å². The number of rotatable bonds is 5. The molecule has 11 nitrogen and oxygen atoms in total. The van der Waals surface area contributed by atoms with Gasteiger partial charge in [0.15, 0.2) is 5.60 Å². The molecule has 114 valence electrons. The van der Waals surface area contributed by atoms with Crippen molar-refractivity contribution in [2.75, 3.05) is 7.11 Å². The van der Waals surface area contributed by atoms with Crippen LogP contribution in [0.5, 0.6) is 0 Å². The number of carboxylic acid groups (broad SMARTS) is 2. The third-order valence-electron chi connectivity index (χ3n) is 1.84. The average Bonchev–Trinajstić information content (AvgIpc) is 2.24. The summed E-state index contributed by atoms with van der Waals surface area (Å²) in [6, 6.07) is 0. The Morgan fingerprint density at radius 2 is 1.29 bits per heavy atom. The number of carbonyl (C=O) groups excluding carboxylic acids is 3. The number of hydrogen-bond acceptors (Lipinski definition) is 9. The molecule has 3 N–H and O–H groups in total. The maximum atomic E-state index is 11.3. The van der Waals surface area contributed by atoms with Crippen molar-refractivity contribution in [3.8, 4) is 0 Å². The maximum Gasteiger partial charge on any atom is 1.00 e. The summed E-state index contributed by atoms with van der Waals surface area (Å²) in [4.78, 5) is 53.6. The Labute approximate surface area is 140 Å². The SMILES string of the molecule is COC(=O)C(O)(CC(=O)OC(=O)O)CC(=O)OC(=O)O.[H-].[Na+]. The molecule has 0 aliphatic heterocycles. The summed E-state index contributed by atoms with van der Waals surface area (Å²) in [6.45, 7) is 0. The van der Waals surface area contributed by atoms with Gasteiger partial charge in [0.2, 0.25) is 0 Å². The quantitative estimate of drug-likeness (QED) is 0.196. The van der Waals surface area contributed by atoms with Crippen molar-refractivity contribution in [3.63, 3.8) is 0 Å². The van der Waals surface area contributed by atoms with Crippen LogP contribution in [0.1, 0.15) is 14.3 Å². The molecule has 12 heteroatoms. The normalized spacial score (nSPS) is 9.81. The third kappa shape index (κ3) is 8.24. The molecule has 0 aromatic rings. The Kier molecular flexibility index (Phi) is 9.55. The molecule has 0 aromatic carbocycles. The molecule has 0 spiro atoms. The smallest absolute Gasteiger partial charge is 1.00 e. The Hall–Kier alpha value is -1.69. The van der Waals surface area contributed by atoms with Crippen LogP contribution in [0.2, 0.25) is 0 Å². The molecule has 0 saturated heterocycles. The van der Waals surface area contributed by atoms with Gasteiger partial charge >= 0.3 is 59.8 Å². The van der Waals surface area contributed by atoms with E-state index in [1.165, 1.54) is 0 Å². The minimum Gasteiger partial charge on any atom is -1.00 e. The number of hydrogen-bond donors (Lipinski definition) is 3. The van der Waals surface area contributed by atoms with Crippen LogP contribution in [0.3, 0.4) is 0 Å². The van der Waals surface area contributed by atoms with E-state index in [0.717, 1.165) is 7.11 Å². The molecule has 0 atom stereocenters. The largest absolute Gasteiger partial charge is 1.00 e. The van der Waals surface area contributed by atoms with Gasteiger partial charge in [-0.1, -0.05) is 0 Å². The molecule has 0 rings (SSSR count). The van der Waals surface area contributed by atoms with E-state index < -0.39 is 48.7 Å². The molecule has 0 aliphatic rings. The van der Waals surface area contributed by atoms with Gasteiger partial charge in [0.25, 0.3) is 0 Å². The molecule has 0 amide bonds. The van der Waals surface area contributed by atoms with Gasteiger partial charge in [-0.15, -0.1) is 0 Å². The minimum absolute atomic E-state index is 0. The molecule has 0 heterocycles. The number of methoxy groups -OCH3 is 1. The first-order valence-electron chi connectivity index (χ1n) is 4.78. The topological polar surface area (TPSA) is 174 Å². The zero-order chi connectivity index (χ0) is 15.9. The van der Waals surface area contributed by atoms with Crippen LogP contribution in [0.4, 0.5) is 9.59 Å². The molecule has 0 fully saturated rings. The van der Waals surface area contributed by atoms with Crippen molar-refractivity contribution in [1.29, 1.82) is 0 Å². The molecular weight excluding hydrogens is 307 g/mol. The van der Waals surface area contributed by atoms with Gasteiger partial charge in [-0.3, -0.25) is 9.59 Å². The summed E-state index contributed by atoms with van der Waals surface area (Å²) in [5.74, 6) is -4.57. The van der Waals surface area contributed by atoms with Crippen molar-refractivity contribution < 1.29 is 84.5 Å². The zero-order valence-corrected chi connectivity index (χ0v) is 13.0. The Morgan fingerprint density at radius 3 is 1.52 bits per heavy atom. The van der Waals surface area contributed by atoms with Gasteiger partial charge in [0.1, 0.15) is 0 Å². The maximum absolute atomic E-state index is 11.3. The monoisotopic (exact) mass is 318 g/mol. The van der Waals surface area contributed by atoms with Crippen molar-refractivity contribution in [2.45, 2.75) is 18.4 Å². The van der Waals surface area contributed by atoms with Gasteiger partial charge in [-0.2, -0.15) is 0 Å². The summed E-state index contributed by atoms with van der Waals surface area (Å²) in [6.07, 6.45) is -6.48. The van der Waals surface area contributed by atoms with Gasteiger partial charge in [-0.05, 0) is 0 Å². The summed E-state index contributed by atoms with van der Waals surface area (Å²) >= 11 is 0. The fourth-order valence-electron chi connectivity index (χ4n) is 1.14. The van der Waals surface area contributed by atoms with Crippen LogP contribution < -0.4 is 29.6 Å². The molecule has 21 heavy (non-hydrogen) atoms. The van der Waals surface area contributed by atoms with E-state index in [1.807, 2.05) is 0 Å². The van der Waals surface area contributed by atoms with Gasteiger partial charge in [0, 0.05) is 0 Å². The fourth-order valence-corrected chi connectivity index (χ4v) is 1.14. The van der Waals surface area contributed by atoms with Gasteiger partial charge in [0.05, 0.1) is 20.0 Å². The first-order chi connectivity index (χ1) is 9.10. The van der Waals surface area contributed by atoms with Crippen LogP contribution >= 0.6 is 0 Å². The third-order valence-corrected chi connectivity index (χ3v) is 1.84. The van der Waals surface area contributed by atoms with Crippen LogP contribution in [0, 0.1) is 0 Å². The molecule has 0 saturated carbocycles. The summed E-state index contributed by atoms with van der Waals surface area (Å²) in [5, 5.41) is 26.1. The molecule has 0 aliphatic carbocycles. The van der Waals surface area contributed by atoms with E-state index in [-0.39, 0.29) is 31.0 Å². The summed E-state index contributed by atoms with van der Waals surface area (Å²) < 4.78 is 11.4. The average molecular weight is 318 g/mol. The Balaban J connectivity index is -0.00000180. The number of carbonyl (C=O) groups is 5. The van der Waals surface area contributed by atoms with Crippen molar-refractivity contribution in [1.82, 2.24) is 0 Å². The first kappa shape index (κ1) is 21.6. The van der Waals surface area contributed by atoms with Crippen LogP contribution in [-0.2, 0) is 28.6 Å². The van der Waals surface area contributed by atoms with Crippen molar-refractivity contribution in [3.05, 3.63) is 0 Å². The predicted molar refractivity (Wildman–Crippen MR) is 55.5 cm³/mol. The van der Waals surface area contributed by atoms with E-state index in [9.17, 15) is 29.1 Å². The fraction of sp³-hybridized carbons (Fsp3) is 0.444. The van der Waals surface area contributed by atoms with E-state index in [0.29, 0.717) is 0 Å². The minimum atomic E-state index is -2.81. The molecule has 0 unspecified atom stereocenters. The van der Waals surface area contributed by atoms with E-state index in [2.05, 4.69) is 14.2 Å². The second kappa shape index (κ2) is 9.28.